The largest absolute Gasteiger partial charge is 0.377 e. The molecule has 2 N–H and O–H groups in total. The number of hydrogen-bond acceptors (Lipinski definition) is 3. The molecular weight excluding hydrogens is 262 g/mol. The summed E-state index contributed by atoms with van der Waals surface area (Å²) in [6.07, 6.45) is 12.6. The van der Waals surface area contributed by atoms with Gasteiger partial charge in [-0.05, 0) is 81.0 Å². The van der Waals surface area contributed by atoms with Crippen LogP contribution in [-0.4, -0.2) is 32.0 Å². The first kappa shape index (κ1) is 14.5. The Kier molecular flexibility index (Phi) is 4.01. The molecule has 0 aromatic rings. The normalized spacial score (nSPS) is 46.7. The molecule has 0 spiro atoms. The van der Waals surface area contributed by atoms with Gasteiger partial charge in [-0.1, -0.05) is 0 Å². The summed E-state index contributed by atoms with van der Waals surface area (Å²) in [5.74, 6) is 2.93. The molecule has 3 nitrogen and oxygen atoms in total. The molecule has 4 aliphatic carbocycles. The van der Waals surface area contributed by atoms with Gasteiger partial charge in [-0.3, -0.25) is 0 Å². The lowest BCUT2D eigenvalue weighted by Gasteiger charge is -2.58. The molecule has 5 rings (SSSR count). The van der Waals surface area contributed by atoms with E-state index in [1.54, 1.807) is 0 Å². The van der Waals surface area contributed by atoms with E-state index in [0.29, 0.717) is 11.5 Å². The molecule has 3 heteroatoms. The maximum absolute atomic E-state index is 6.62. The quantitative estimate of drug-likeness (QED) is 0.847. The van der Waals surface area contributed by atoms with E-state index >= 15 is 0 Å². The summed E-state index contributed by atoms with van der Waals surface area (Å²) in [6, 6.07) is 0.245. The lowest BCUT2D eigenvalue weighted by molar-refractivity contribution is -0.0920. The lowest BCUT2D eigenvalue weighted by atomic mass is 9.48. The van der Waals surface area contributed by atoms with Crippen molar-refractivity contribution in [2.24, 2.45) is 28.9 Å². The van der Waals surface area contributed by atoms with Crippen molar-refractivity contribution >= 4 is 0 Å². The predicted octanol–water partition coefficient (Wildman–Crippen LogP) is 3.12. The third-order valence-electron chi connectivity index (χ3n) is 6.75. The van der Waals surface area contributed by atoms with Crippen LogP contribution in [0.25, 0.3) is 0 Å². The van der Waals surface area contributed by atoms with E-state index in [9.17, 15) is 0 Å². The van der Waals surface area contributed by atoms with Gasteiger partial charge in [0.15, 0.2) is 0 Å². The Morgan fingerprint density at radius 2 is 1.71 bits per heavy atom. The summed E-state index contributed by atoms with van der Waals surface area (Å²) in [4.78, 5) is 0. The molecule has 1 aliphatic heterocycles. The van der Waals surface area contributed by atoms with Gasteiger partial charge in [-0.25, -0.2) is 0 Å². The summed E-state index contributed by atoms with van der Waals surface area (Å²) in [5, 5.41) is 0. The average molecular weight is 293 g/mol. The summed E-state index contributed by atoms with van der Waals surface area (Å²) < 4.78 is 11.7. The van der Waals surface area contributed by atoms with Crippen molar-refractivity contribution in [1.82, 2.24) is 0 Å². The summed E-state index contributed by atoms with van der Waals surface area (Å²) >= 11 is 0. The van der Waals surface area contributed by atoms with Crippen molar-refractivity contribution < 1.29 is 9.47 Å². The molecule has 0 aromatic heterocycles. The van der Waals surface area contributed by atoms with Crippen LogP contribution in [0.3, 0.4) is 0 Å². The fourth-order valence-corrected chi connectivity index (χ4v) is 6.07. The molecule has 21 heavy (non-hydrogen) atoms. The fourth-order valence-electron chi connectivity index (χ4n) is 6.07. The van der Waals surface area contributed by atoms with E-state index in [1.807, 2.05) is 0 Å². The Morgan fingerprint density at radius 1 is 1.05 bits per heavy atom. The van der Waals surface area contributed by atoms with Crippen LogP contribution < -0.4 is 5.73 Å². The Balaban J connectivity index is 1.29. The van der Waals surface area contributed by atoms with Crippen molar-refractivity contribution in [1.29, 1.82) is 0 Å². The van der Waals surface area contributed by atoms with Crippen LogP contribution in [0.1, 0.15) is 57.8 Å². The SMILES string of the molecule is NC(COCC1CCCCO1)C12CC3CC(CC(C3)C1)C2. The van der Waals surface area contributed by atoms with Crippen LogP contribution in [0.15, 0.2) is 0 Å². The molecule has 2 atom stereocenters. The standard InChI is InChI=1S/C18H31NO2/c19-17(12-20-11-16-3-1-2-4-21-16)18-8-13-5-14(9-18)7-15(6-13)10-18/h13-17H,1-12,19H2. The van der Waals surface area contributed by atoms with Gasteiger partial charge >= 0.3 is 0 Å². The van der Waals surface area contributed by atoms with Crippen LogP contribution in [0, 0.1) is 23.2 Å². The Hall–Kier alpha value is -0.120. The second-order valence-electron chi connectivity index (χ2n) is 8.41. The van der Waals surface area contributed by atoms with E-state index in [1.165, 1.54) is 51.4 Å². The first-order chi connectivity index (χ1) is 10.2. The second kappa shape index (κ2) is 5.82. The lowest BCUT2D eigenvalue weighted by Crippen LogP contribution is -2.56. The molecule has 5 fully saturated rings. The van der Waals surface area contributed by atoms with Gasteiger partial charge in [0.2, 0.25) is 0 Å². The van der Waals surface area contributed by atoms with E-state index < -0.39 is 0 Å². The number of rotatable bonds is 5. The molecule has 4 saturated carbocycles. The zero-order valence-electron chi connectivity index (χ0n) is 13.3. The minimum Gasteiger partial charge on any atom is -0.377 e. The van der Waals surface area contributed by atoms with E-state index in [0.717, 1.165) is 44.0 Å². The van der Waals surface area contributed by atoms with Gasteiger partial charge in [0.25, 0.3) is 0 Å². The molecular formula is C18H31NO2. The monoisotopic (exact) mass is 293 g/mol. The van der Waals surface area contributed by atoms with E-state index in [4.69, 9.17) is 15.2 Å². The highest BCUT2D eigenvalue weighted by molar-refractivity contribution is 5.05. The third-order valence-corrected chi connectivity index (χ3v) is 6.75. The van der Waals surface area contributed by atoms with Crippen LogP contribution in [-0.2, 0) is 9.47 Å². The van der Waals surface area contributed by atoms with Crippen LogP contribution >= 0.6 is 0 Å². The van der Waals surface area contributed by atoms with Gasteiger partial charge in [0.05, 0.1) is 19.3 Å². The molecule has 0 radical (unpaired) electrons. The Labute approximate surface area is 128 Å². The van der Waals surface area contributed by atoms with Crippen LogP contribution in [0.4, 0.5) is 0 Å². The predicted molar refractivity (Wildman–Crippen MR) is 83.0 cm³/mol. The Bertz CT molecular complexity index is 329. The number of nitrogens with two attached hydrogens (primary N) is 1. The number of hydrogen-bond donors (Lipinski definition) is 1. The van der Waals surface area contributed by atoms with Crippen molar-refractivity contribution in [3.63, 3.8) is 0 Å². The van der Waals surface area contributed by atoms with Crippen molar-refractivity contribution in [2.45, 2.75) is 69.9 Å². The van der Waals surface area contributed by atoms with Gasteiger partial charge < -0.3 is 15.2 Å². The maximum atomic E-state index is 6.62. The summed E-state index contributed by atoms with van der Waals surface area (Å²) in [7, 11) is 0. The summed E-state index contributed by atoms with van der Waals surface area (Å²) in [5.41, 5.74) is 7.04. The fraction of sp³-hybridized carbons (Fsp3) is 1.00. The average Bonchev–Trinajstić information content (AvgIpc) is 2.47. The van der Waals surface area contributed by atoms with Crippen molar-refractivity contribution in [3.8, 4) is 0 Å². The van der Waals surface area contributed by atoms with Crippen LogP contribution in [0.2, 0.25) is 0 Å². The third kappa shape index (κ3) is 2.89. The maximum Gasteiger partial charge on any atom is 0.0808 e. The molecule has 0 amide bonds. The minimum absolute atomic E-state index is 0.245. The molecule has 120 valence electrons. The summed E-state index contributed by atoms with van der Waals surface area (Å²) in [6.45, 7) is 2.40. The van der Waals surface area contributed by atoms with Gasteiger partial charge in [0, 0.05) is 12.6 Å². The molecule has 5 aliphatic rings. The van der Waals surface area contributed by atoms with Gasteiger partial charge in [0.1, 0.15) is 0 Å². The van der Waals surface area contributed by atoms with Crippen molar-refractivity contribution in [2.75, 3.05) is 19.8 Å². The number of ether oxygens (including phenoxy) is 2. The zero-order chi connectivity index (χ0) is 14.3. The minimum atomic E-state index is 0.245. The molecule has 2 unspecified atom stereocenters. The molecule has 4 bridgehead atoms. The Morgan fingerprint density at radius 3 is 2.29 bits per heavy atom. The van der Waals surface area contributed by atoms with Crippen molar-refractivity contribution in [3.05, 3.63) is 0 Å². The highest BCUT2D eigenvalue weighted by Gasteiger charge is 2.53. The van der Waals surface area contributed by atoms with E-state index in [-0.39, 0.29) is 6.04 Å². The second-order valence-corrected chi connectivity index (χ2v) is 8.41. The molecule has 1 heterocycles. The zero-order valence-corrected chi connectivity index (χ0v) is 13.3. The molecule has 1 saturated heterocycles. The highest BCUT2D eigenvalue weighted by Crippen LogP contribution is 2.60. The first-order valence-corrected chi connectivity index (χ1v) is 9.18. The topological polar surface area (TPSA) is 44.5 Å². The highest BCUT2D eigenvalue weighted by atomic mass is 16.5. The van der Waals surface area contributed by atoms with E-state index in [2.05, 4.69) is 0 Å². The smallest absolute Gasteiger partial charge is 0.0808 e. The van der Waals surface area contributed by atoms with Gasteiger partial charge in [-0.2, -0.15) is 0 Å². The van der Waals surface area contributed by atoms with Gasteiger partial charge in [-0.15, -0.1) is 0 Å². The molecule has 0 aromatic carbocycles. The first-order valence-electron chi connectivity index (χ1n) is 9.18. The van der Waals surface area contributed by atoms with Crippen LogP contribution in [0.5, 0.6) is 0 Å².